The molecule has 0 radical (unpaired) electrons. The third kappa shape index (κ3) is 3.44. The van der Waals surface area contributed by atoms with Gasteiger partial charge in [-0.25, -0.2) is 9.67 Å². The minimum absolute atomic E-state index is 0.212. The first-order valence-corrected chi connectivity index (χ1v) is 9.30. The van der Waals surface area contributed by atoms with E-state index in [4.69, 9.17) is 0 Å². The lowest BCUT2D eigenvalue weighted by Gasteiger charge is -2.34. The molecule has 1 saturated heterocycles. The number of nitrogens with zero attached hydrogens (tertiary/aromatic N) is 7. The summed E-state index contributed by atoms with van der Waals surface area (Å²) in [5.74, 6) is 2.54. The molecule has 0 saturated carbocycles. The van der Waals surface area contributed by atoms with Crippen LogP contribution in [0.1, 0.15) is 36.2 Å². The van der Waals surface area contributed by atoms with E-state index in [1.165, 1.54) is 0 Å². The molecule has 1 unspecified atom stereocenters. The molecule has 4 heterocycles. The van der Waals surface area contributed by atoms with Crippen LogP contribution in [0.5, 0.6) is 0 Å². The van der Waals surface area contributed by atoms with E-state index in [0.29, 0.717) is 0 Å². The fraction of sp³-hybridized carbons (Fsp3) is 0.474. The van der Waals surface area contributed by atoms with Crippen LogP contribution in [0.2, 0.25) is 0 Å². The number of aliphatic hydroxyl groups excluding tert-OH is 1. The third-order valence-corrected chi connectivity index (χ3v) is 5.30. The van der Waals surface area contributed by atoms with E-state index >= 15 is 0 Å². The molecule has 1 fully saturated rings. The Hall–Kier alpha value is -2.74. The average Bonchev–Trinajstić information content (AvgIpc) is 3.26. The van der Waals surface area contributed by atoms with Gasteiger partial charge in [-0.2, -0.15) is 5.10 Å². The molecule has 1 N–H and O–H groups in total. The highest BCUT2D eigenvalue weighted by atomic mass is 16.3. The lowest BCUT2D eigenvalue weighted by atomic mass is 9.90. The second-order valence-corrected chi connectivity index (χ2v) is 7.25. The van der Waals surface area contributed by atoms with Gasteiger partial charge in [0.05, 0.1) is 5.69 Å². The third-order valence-electron chi connectivity index (χ3n) is 5.30. The molecule has 3 aromatic rings. The standard InChI is InChI=1S/C19H25N7O/c1-13-12-14(2)26(23-13)17-5-4-16(21-22-17)25-9-6-15(7-10-25)18(27)19-20-8-11-24(19)3/h4-5,8,11-12,15,18,27H,6-7,9-10H2,1-3H3. The Morgan fingerprint density at radius 1 is 1.11 bits per heavy atom. The Bertz CT molecular complexity index is 907. The van der Waals surface area contributed by atoms with Crippen molar-refractivity contribution in [3.05, 3.63) is 47.8 Å². The molecule has 8 nitrogen and oxygen atoms in total. The largest absolute Gasteiger partial charge is 0.385 e. The Morgan fingerprint density at radius 2 is 1.81 bits per heavy atom. The zero-order chi connectivity index (χ0) is 19.0. The van der Waals surface area contributed by atoms with Crippen LogP contribution in [-0.4, -0.2) is 47.7 Å². The number of aliphatic hydroxyl groups is 1. The first-order chi connectivity index (χ1) is 13.0. The SMILES string of the molecule is Cc1cc(C)n(-c2ccc(N3CCC(C(O)c4nccn4C)CC3)nn2)n1. The maximum Gasteiger partial charge on any atom is 0.176 e. The van der Waals surface area contributed by atoms with Crippen LogP contribution in [0, 0.1) is 19.8 Å². The molecule has 0 spiro atoms. The zero-order valence-corrected chi connectivity index (χ0v) is 15.9. The van der Waals surface area contributed by atoms with Crippen LogP contribution in [0.4, 0.5) is 5.82 Å². The summed E-state index contributed by atoms with van der Waals surface area (Å²) in [5, 5.41) is 23.8. The van der Waals surface area contributed by atoms with Crippen LogP contribution in [-0.2, 0) is 7.05 Å². The summed E-state index contributed by atoms with van der Waals surface area (Å²) in [6.07, 6.45) is 4.87. The van der Waals surface area contributed by atoms with Crippen molar-refractivity contribution in [2.45, 2.75) is 32.8 Å². The van der Waals surface area contributed by atoms with Crippen LogP contribution in [0.15, 0.2) is 30.6 Å². The van der Waals surface area contributed by atoms with Gasteiger partial charge in [0.2, 0.25) is 0 Å². The van der Waals surface area contributed by atoms with E-state index in [1.807, 2.05) is 54.5 Å². The quantitative estimate of drug-likeness (QED) is 0.759. The van der Waals surface area contributed by atoms with Crippen molar-refractivity contribution in [1.29, 1.82) is 0 Å². The van der Waals surface area contributed by atoms with Crippen molar-refractivity contribution in [1.82, 2.24) is 29.5 Å². The van der Waals surface area contributed by atoms with Crippen LogP contribution in [0.25, 0.3) is 5.82 Å². The molecule has 8 heteroatoms. The topological polar surface area (TPSA) is 84.9 Å². The fourth-order valence-electron chi connectivity index (χ4n) is 3.78. The van der Waals surface area contributed by atoms with Gasteiger partial charge in [0.25, 0.3) is 0 Å². The fourth-order valence-corrected chi connectivity index (χ4v) is 3.78. The number of hydrogen-bond donors (Lipinski definition) is 1. The molecular weight excluding hydrogens is 342 g/mol. The Kier molecular flexibility index (Phi) is 4.65. The van der Waals surface area contributed by atoms with Crippen molar-refractivity contribution in [2.75, 3.05) is 18.0 Å². The van der Waals surface area contributed by atoms with Gasteiger partial charge < -0.3 is 14.6 Å². The van der Waals surface area contributed by atoms with Crippen molar-refractivity contribution in [3.63, 3.8) is 0 Å². The van der Waals surface area contributed by atoms with Crippen LogP contribution >= 0.6 is 0 Å². The summed E-state index contributed by atoms with van der Waals surface area (Å²) in [5.41, 5.74) is 2.00. The summed E-state index contributed by atoms with van der Waals surface area (Å²) in [6, 6.07) is 5.97. The van der Waals surface area contributed by atoms with Gasteiger partial charge in [-0.1, -0.05) is 0 Å². The van der Waals surface area contributed by atoms with Gasteiger partial charge in [0.15, 0.2) is 11.6 Å². The summed E-state index contributed by atoms with van der Waals surface area (Å²) < 4.78 is 3.70. The van der Waals surface area contributed by atoms with E-state index in [-0.39, 0.29) is 5.92 Å². The van der Waals surface area contributed by atoms with E-state index < -0.39 is 6.10 Å². The lowest BCUT2D eigenvalue weighted by Crippen LogP contribution is -2.36. The molecule has 0 aliphatic carbocycles. The molecular formula is C19H25N7O. The van der Waals surface area contributed by atoms with Gasteiger partial charge >= 0.3 is 0 Å². The summed E-state index contributed by atoms with van der Waals surface area (Å²) in [4.78, 5) is 6.51. The molecule has 0 aromatic carbocycles. The van der Waals surface area contributed by atoms with Crippen molar-refractivity contribution < 1.29 is 5.11 Å². The van der Waals surface area contributed by atoms with Gasteiger partial charge in [-0.05, 0) is 50.8 Å². The molecule has 142 valence electrons. The molecule has 0 bridgehead atoms. The Labute approximate surface area is 158 Å². The van der Waals surface area contributed by atoms with E-state index in [9.17, 15) is 5.11 Å². The van der Waals surface area contributed by atoms with Crippen molar-refractivity contribution >= 4 is 5.82 Å². The van der Waals surface area contributed by atoms with Gasteiger partial charge in [0, 0.05) is 38.2 Å². The zero-order valence-electron chi connectivity index (χ0n) is 15.9. The summed E-state index contributed by atoms with van der Waals surface area (Å²) >= 11 is 0. The molecule has 0 amide bonds. The van der Waals surface area contributed by atoms with Gasteiger partial charge in [-0.15, -0.1) is 10.2 Å². The minimum Gasteiger partial charge on any atom is -0.385 e. The smallest absolute Gasteiger partial charge is 0.176 e. The Balaban J connectivity index is 1.41. The second-order valence-electron chi connectivity index (χ2n) is 7.25. The maximum absolute atomic E-state index is 10.6. The first kappa shape index (κ1) is 17.7. The number of aryl methyl sites for hydroxylation is 3. The van der Waals surface area contributed by atoms with Crippen LogP contribution in [0.3, 0.4) is 0 Å². The normalized spacial score (nSPS) is 16.7. The summed E-state index contributed by atoms with van der Waals surface area (Å²) in [6.45, 7) is 5.67. The number of aromatic nitrogens is 6. The van der Waals surface area contributed by atoms with E-state index in [0.717, 1.165) is 54.8 Å². The molecule has 1 atom stereocenters. The maximum atomic E-state index is 10.6. The average molecular weight is 367 g/mol. The monoisotopic (exact) mass is 367 g/mol. The van der Waals surface area contributed by atoms with E-state index in [1.54, 1.807) is 6.20 Å². The predicted octanol–water partition coefficient (Wildman–Crippen LogP) is 1.96. The number of piperidine rings is 1. The van der Waals surface area contributed by atoms with Gasteiger partial charge in [0.1, 0.15) is 11.9 Å². The molecule has 3 aromatic heterocycles. The highest BCUT2D eigenvalue weighted by molar-refractivity contribution is 5.40. The van der Waals surface area contributed by atoms with Crippen LogP contribution < -0.4 is 4.90 Å². The van der Waals surface area contributed by atoms with E-state index in [2.05, 4.69) is 25.2 Å². The van der Waals surface area contributed by atoms with Gasteiger partial charge in [-0.3, -0.25) is 0 Å². The van der Waals surface area contributed by atoms with Crippen molar-refractivity contribution in [3.8, 4) is 5.82 Å². The lowest BCUT2D eigenvalue weighted by molar-refractivity contribution is 0.0824. The molecule has 27 heavy (non-hydrogen) atoms. The highest BCUT2D eigenvalue weighted by Crippen LogP contribution is 2.31. The Morgan fingerprint density at radius 3 is 2.37 bits per heavy atom. The number of hydrogen-bond acceptors (Lipinski definition) is 6. The predicted molar refractivity (Wildman–Crippen MR) is 102 cm³/mol. The van der Waals surface area contributed by atoms with Crippen molar-refractivity contribution in [2.24, 2.45) is 13.0 Å². The molecule has 1 aliphatic heterocycles. The number of rotatable bonds is 4. The highest BCUT2D eigenvalue weighted by Gasteiger charge is 2.29. The summed E-state index contributed by atoms with van der Waals surface area (Å²) in [7, 11) is 1.92. The molecule has 1 aliphatic rings. The second kappa shape index (κ2) is 7.11. The minimum atomic E-state index is -0.522. The number of anilines is 1. The molecule has 4 rings (SSSR count). The number of imidazole rings is 1. The first-order valence-electron chi connectivity index (χ1n) is 9.30.